The van der Waals surface area contributed by atoms with Gasteiger partial charge in [0.15, 0.2) is 0 Å². The minimum Gasteiger partial charge on any atom is -0.385 e. The molecular weight excluding hydrogens is 200 g/mol. The summed E-state index contributed by atoms with van der Waals surface area (Å²) in [7, 11) is 0. The number of aryl methyl sites for hydroxylation is 1. The summed E-state index contributed by atoms with van der Waals surface area (Å²) in [6.45, 7) is 8.86. The van der Waals surface area contributed by atoms with E-state index in [2.05, 4.69) is 17.6 Å². The first kappa shape index (κ1) is 12.6. The molecule has 1 amide bonds. The van der Waals surface area contributed by atoms with Gasteiger partial charge in [-0.25, -0.2) is 0 Å². The molecule has 16 heavy (non-hydrogen) atoms. The molecule has 1 aromatic rings. The van der Waals surface area contributed by atoms with Crippen molar-refractivity contribution in [2.24, 2.45) is 0 Å². The van der Waals surface area contributed by atoms with Gasteiger partial charge >= 0.3 is 0 Å². The van der Waals surface area contributed by atoms with Crippen molar-refractivity contribution < 1.29 is 4.79 Å². The lowest BCUT2D eigenvalue weighted by molar-refractivity contribution is 0.0943. The van der Waals surface area contributed by atoms with Gasteiger partial charge in [0, 0.05) is 23.8 Å². The van der Waals surface area contributed by atoms with Crippen LogP contribution in [-0.4, -0.2) is 18.5 Å². The van der Waals surface area contributed by atoms with Gasteiger partial charge in [-0.2, -0.15) is 0 Å². The Morgan fingerprint density at radius 3 is 2.56 bits per heavy atom. The van der Waals surface area contributed by atoms with Crippen LogP contribution in [0.25, 0.3) is 0 Å². The molecule has 0 aromatic heterocycles. The molecule has 0 bridgehead atoms. The highest BCUT2D eigenvalue weighted by molar-refractivity contribution is 5.95. The van der Waals surface area contributed by atoms with Gasteiger partial charge in [-0.1, -0.05) is 0 Å². The SMILES string of the molecule is CCNc1ccc(C(=O)NC(C)C)cc1C. The second kappa shape index (κ2) is 5.54. The van der Waals surface area contributed by atoms with Crippen molar-refractivity contribution in [3.05, 3.63) is 29.3 Å². The van der Waals surface area contributed by atoms with E-state index < -0.39 is 0 Å². The van der Waals surface area contributed by atoms with Crippen molar-refractivity contribution in [1.29, 1.82) is 0 Å². The van der Waals surface area contributed by atoms with Crippen LogP contribution in [0.15, 0.2) is 18.2 Å². The predicted octanol–water partition coefficient (Wildman–Crippen LogP) is 2.57. The first-order valence-electron chi connectivity index (χ1n) is 5.70. The highest BCUT2D eigenvalue weighted by Gasteiger charge is 2.08. The molecule has 0 spiro atoms. The highest BCUT2D eigenvalue weighted by Crippen LogP contribution is 2.16. The summed E-state index contributed by atoms with van der Waals surface area (Å²) < 4.78 is 0. The van der Waals surface area contributed by atoms with E-state index in [-0.39, 0.29) is 11.9 Å². The Balaban J connectivity index is 2.84. The molecule has 0 atom stereocenters. The first-order chi connectivity index (χ1) is 7.54. The number of amides is 1. The van der Waals surface area contributed by atoms with Gasteiger partial charge in [0.05, 0.1) is 0 Å². The number of nitrogens with one attached hydrogen (secondary N) is 2. The third kappa shape index (κ3) is 3.26. The molecule has 0 aliphatic heterocycles. The average Bonchev–Trinajstić information content (AvgIpc) is 2.20. The number of anilines is 1. The summed E-state index contributed by atoms with van der Waals surface area (Å²) in [6.07, 6.45) is 0. The Hall–Kier alpha value is -1.51. The maximum atomic E-state index is 11.7. The number of rotatable bonds is 4. The zero-order valence-electron chi connectivity index (χ0n) is 10.4. The van der Waals surface area contributed by atoms with Gasteiger partial charge in [-0.3, -0.25) is 4.79 Å². The van der Waals surface area contributed by atoms with Crippen LogP contribution in [0.3, 0.4) is 0 Å². The van der Waals surface area contributed by atoms with E-state index in [4.69, 9.17) is 0 Å². The molecule has 0 aliphatic carbocycles. The fourth-order valence-corrected chi connectivity index (χ4v) is 1.54. The molecule has 0 unspecified atom stereocenters. The van der Waals surface area contributed by atoms with Crippen LogP contribution in [0.2, 0.25) is 0 Å². The quantitative estimate of drug-likeness (QED) is 0.818. The molecule has 0 aliphatic rings. The fraction of sp³-hybridized carbons (Fsp3) is 0.462. The average molecular weight is 220 g/mol. The Morgan fingerprint density at radius 2 is 2.06 bits per heavy atom. The number of carbonyl (C=O) groups excluding carboxylic acids is 1. The Labute approximate surface area is 97.2 Å². The zero-order valence-corrected chi connectivity index (χ0v) is 10.4. The monoisotopic (exact) mass is 220 g/mol. The Morgan fingerprint density at radius 1 is 1.38 bits per heavy atom. The third-order valence-corrected chi connectivity index (χ3v) is 2.28. The van der Waals surface area contributed by atoms with Crippen LogP contribution in [-0.2, 0) is 0 Å². The van der Waals surface area contributed by atoms with Crippen LogP contribution in [0.1, 0.15) is 36.7 Å². The Kier molecular flexibility index (Phi) is 4.35. The second-order valence-electron chi connectivity index (χ2n) is 4.19. The van der Waals surface area contributed by atoms with Crippen LogP contribution < -0.4 is 10.6 Å². The Bertz CT molecular complexity index is 372. The van der Waals surface area contributed by atoms with Crippen LogP contribution >= 0.6 is 0 Å². The van der Waals surface area contributed by atoms with Crippen molar-refractivity contribution in [3.8, 4) is 0 Å². The van der Waals surface area contributed by atoms with Crippen LogP contribution in [0.5, 0.6) is 0 Å². The van der Waals surface area contributed by atoms with Gasteiger partial charge in [0.1, 0.15) is 0 Å². The molecule has 3 nitrogen and oxygen atoms in total. The topological polar surface area (TPSA) is 41.1 Å². The van der Waals surface area contributed by atoms with Crippen LogP contribution in [0.4, 0.5) is 5.69 Å². The summed E-state index contributed by atoms with van der Waals surface area (Å²) in [6, 6.07) is 5.88. The van der Waals surface area contributed by atoms with E-state index in [0.717, 1.165) is 17.8 Å². The van der Waals surface area contributed by atoms with Crippen molar-refractivity contribution in [3.63, 3.8) is 0 Å². The van der Waals surface area contributed by atoms with Gasteiger partial charge < -0.3 is 10.6 Å². The van der Waals surface area contributed by atoms with Gasteiger partial charge in [0.25, 0.3) is 5.91 Å². The normalized spacial score (nSPS) is 10.3. The van der Waals surface area contributed by atoms with E-state index in [9.17, 15) is 4.79 Å². The number of carbonyl (C=O) groups is 1. The summed E-state index contributed by atoms with van der Waals surface area (Å²) >= 11 is 0. The molecule has 0 fully saturated rings. The fourth-order valence-electron chi connectivity index (χ4n) is 1.54. The smallest absolute Gasteiger partial charge is 0.251 e. The molecule has 1 aromatic carbocycles. The minimum atomic E-state index is -0.0128. The predicted molar refractivity (Wildman–Crippen MR) is 67.9 cm³/mol. The van der Waals surface area contributed by atoms with Gasteiger partial charge in [-0.15, -0.1) is 0 Å². The molecule has 88 valence electrons. The van der Waals surface area contributed by atoms with E-state index in [0.29, 0.717) is 5.56 Å². The second-order valence-corrected chi connectivity index (χ2v) is 4.19. The molecule has 0 radical (unpaired) electrons. The molecule has 0 saturated carbocycles. The molecule has 1 rings (SSSR count). The summed E-state index contributed by atoms with van der Waals surface area (Å²) in [5.74, 6) is -0.0128. The number of hydrogen-bond acceptors (Lipinski definition) is 2. The molecule has 0 saturated heterocycles. The first-order valence-corrected chi connectivity index (χ1v) is 5.70. The standard InChI is InChI=1S/C13H20N2O/c1-5-14-12-7-6-11(8-10(12)4)13(16)15-9(2)3/h6-9,14H,5H2,1-4H3,(H,15,16). The number of hydrogen-bond donors (Lipinski definition) is 2. The summed E-state index contributed by atoms with van der Waals surface area (Å²) in [5, 5.41) is 6.13. The molecule has 0 heterocycles. The largest absolute Gasteiger partial charge is 0.385 e. The summed E-state index contributed by atoms with van der Waals surface area (Å²) in [5.41, 5.74) is 2.90. The lowest BCUT2D eigenvalue weighted by atomic mass is 10.1. The lowest BCUT2D eigenvalue weighted by Crippen LogP contribution is -2.30. The van der Waals surface area contributed by atoms with Crippen molar-refractivity contribution in [2.45, 2.75) is 33.7 Å². The van der Waals surface area contributed by atoms with E-state index in [1.807, 2.05) is 39.0 Å². The lowest BCUT2D eigenvalue weighted by Gasteiger charge is -2.11. The van der Waals surface area contributed by atoms with Crippen molar-refractivity contribution >= 4 is 11.6 Å². The minimum absolute atomic E-state index is 0.0128. The van der Waals surface area contributed by atoms with Crippen molar-refractivity contribution in [2.75, 3.05) is 11.9 Å². The van der Waals surface area contributed by atoms with Crippen LogP contribution in [0, 0.1) is 6.92 Å². The van der Waals surface area contributed by atoms with E-state index in [1.165, 1.54) is 0 Å². The number of benzene rings is 1. The third-order valence-electron chi connectivity index (χ3n) is 2.28. The van der Waals surface area contributed by atoms with E-state index in [1.54, 1.807) is 0 Å². The molecule has 2 N–H and O–H groups in total. The van der Waals surface area contributed by atoms with Crippen molar-refractivity contribution in [1.82, 2.24) is 5.32 Å². The van der Waals surface area contributed by atoms with Gasteiger partial charge in [-0.05, 0) is 51.5 Å². The molecular formula is C13H20N2O. The zero-order chi connectivity index (χ0) is 12.1. The highest BCUT2D eigenvalue weighted by atomic mass is 16.1. The van der Waals surface area contributed by atoms with Gasteiger partial charge in [0.2, 0.25) is 0 Å². The molecule has 3 heteroatoms. The van der Waals surface area contributed by atoms with E-state index >= 15 is 0 Å². The maximum absolute atomic E-state index is 11.7. The maximum Gasteiger partial charge on any atom is 0.251 e. The summed E-state index contributed by atoms with van der Waals surface area (Å²) in [4.78, 5) is 11.7.